The van der Waals surface area contributed by atoms with Gasteiger partial charge in [0.2, 0.25) is 0 Å². The molecule has 31 heavy (non-hydrogen) atoms. The van der Waals surface area contributed by atoms with Crippen LogP contribution in [0.15, 0.2) is 42.7 Å². The number of hydrogen-bond acceptors (Lipinski definition) is 5. The number of amides is 1. The molecule has 0 aliphatic carbocycles. The summed E-state index contributed by atoms with van der Waals surface area (Å²) in [6, 6.07) is 8.13. The summed E-state index contributed by atoms with van der Waals surface area (Å²) in [5.41, 5.74) is 2.51. The van der Waals surface area contributed by atoms with Crippen molar-refractivity contribution in [2.24, 2.45) is 7.05 Å². The molecule has 160 valence electrons. The highest BCUT2D eigenvalue weighted by molar-refractivity contribution is 5.99. The zero-order valence-corrected chi connectivity index (χ0v) is 17.1. The molecule has 4 rings (SSSR count). The third kappa shape index (κ3) is 3.83. The third-order valence-corrected chi connectivity index (χ3v) is 5.13. The predicted molar refractivity (Wildman–Crippen MR) is 109 cm³/mol. The first kappa shape index (κ1) is 20.5. The standard InChI is InChI=1S/C21H20F2N6O2/c1-12-14(10-25-28(12)2)9-24-21(30)16-11-26-29-18(19(22)23)8-17(27-20(16)29)13-4-6-15(31-3)7-5-13/h4-8,10-11,19H,9H2,1-3H3,(H,24,30). The Morgan fingerprint density at radius 3 is 2.55 bits per heavy atom. The molecule has 0 unspecified atom stereocenters. The minimum Gasteiger partial charge on any atom is -0.497 e. The van der Waals surface area contributed by atoms with Gasteiger partial charge in [-0.1, -0.05) is 0 Å². The molecule has 3 heterocycles. The van der Waals surface area contributed by atoms with Gasteiger partial charge in [0.05, 0.1) is 25.2 Å². The molecule has 10 heteroatoms. The van der Waals surface area contributed by atoms with Crippen LogP contribution in [0.5, 0.6) is 5.75 Å². The number of aromatic nitrogens is 5. The summed E-state index contributed by atoms with van der Waals surface area (Å²) in [5, 5.41) is 10.9. The lowest BCUT2D eigenvalue weighted by molar-refractivity contribution is 0.0952. The highest BCUT2D eigenvalue weighted by atomic mass is 19.3. The highest BCUT2D eigenvalue weighted by Gasteiger charge is 2.21. The number of rotatable bonds is 6. The Balaban J connectivity index is 1.71. The van der Waals surface area contributed by atoms with Crippen molar-refractivity contribution in [3.8, 4) is 17.0 Å². The van der Waals surface area contributed by atoms with Gasteiger partial charge >= 0.3 is 0 Å². The number of methoxy groups -OCH3 is 1. The van der Waals surface area contributed by atoms with E-state index in [1.807, 2.05) is 14.0 Å². The Bertz CT molecular complexity index is 1250. The number of benzene rings is 1. The van der Waals surface area contributed by atoms with E-state index in [-0.39, 0.29) is 23.4 Å². The molecule has 4 aromatic rings. The lowest BCUT2D eigenvalue weighted by atomic mass is 10.1. The molecule has 1 N–H and O–H groups in total. The molecule has 0 spiro atoms. The van der Waals surface area contributed by atoms with E-state index in [4.69, 9.17) is 4.74 Å². The average molecular weight is 426 g/mol. The Morgan fingerprint density at radius 1 is 1.19 bits per heavy atom. The van der Waals surface area contributed by atoms with Gasteiger partial charge in [-0.15, -0.1) is 0 Å². The van der Waals surface area contributed by atoms with Crippen LogP contribution in [0.1, 0.15) is 33.7 Å². The Morgan fingerprint density at radius 2 is 1.94 bits per heavy atom. The van der Waals surface area contributed by atoms with Crippen molar-refractivity contribution >= 4 is 11.6 Å². The summed E-state index contributed by atoms with van der Waals surface area (Å²) in [5.74, 6) is 0.173. The van der Waals surface area contributed by atoms with Gasteiger partial charge < -0.3 is 10.1 Å². The molecule has 8 nitrogen and oxygen atoms in total. The van der Waals surface area contributed by atoms with E-state index in [2.05, 4.69) is 20.5 Å². The van der Waals surface area contributed by atoms with E-state index in [9.17, 15) is 13.6 Å². The maximum absolute atomic E-state index is 13.7. The summed E-state index contributed by atoms with van der Waals surface area (Å²) in [7, 11) is 3.35. The van der Waals surface area contributed by atoms with Gasteiger partial charge in [0.15, 0.2) is 5.65 Å². The molecule has 0 fully saturated rings. The maximum atomic E-state index is 13.7. The van der Waals surface area contributed by atoms with Crippen LogP contribution in [0, 0.1) is 6.92 Å². The van der Waals surface area contributed by atoms with Crippen molar-refractivity contribution in [2.75, 3.05) is 7.11 Å². The second-order valence-electron chi connectivity index (χ2n) is 6.95. The Labute approximate surface area is 176 Å². The van der Waals surface area contributed by atoms with E-state index in [1.54, 1.807) is 42.3 Å². The lowest BCUT2D eigenvalue weighted by Gasteiger charge is -2.09. The second-order valence-corrected chi connectivity index (χ2v) is 6.95. The van der Waals surface area contributed by atoms with Gasteiger partial charge in [0, 0.05) is 30.4 Å². The van der Waals surface area contributed by atoms with Crippen LogP contribution in [0.2, 0.25) is 0 Å². The van der Waals surface area contributed by atoms with Crippen LogP contribution in [0.4, 0.5) is 8.78 Å². The van der Waals surface area contributed by atoms with Crippen molar-refractivity contribution in [1.82, 2.24) is 29.7 Å². The van der Waals surface area contributed by atoms with Crippen molar-refractivity contribution in [1.29, 1.82) is 0 Å². The fraction of sp³-hybridized carbons (Fsp3) is 0.238. The molecule has 0 saturated carbocycles. The first-order chi connectivity index (χ1) is 14.9. The number of ether oxygens (including phenoxy) is 1. The minimum absolute atomic E-state index is 0.0593. The molecule has 0 radical (unpaired) electrons. The normalized spacial score (nSPS) is 11.3. The topological polar surface area (TPSA) is 86.3 Å². The molecule has 1 aromatic carbocycles. The molecule has 1 amide bonds. The van der Waals surface area contributed by atoms with E-state index >= 15 is 0 Å². The molecule has 0 atom stereocenters. The highest BCUT2D eigenvalue weighted by Crippen LogP contribution is 2.28. The van der Waals surface area contributed by atoms with Gasteiger partial charge in [-0.3, -0.25) is 9.48 Å². The fourth-order valence-electron chi connectivity index (χ4n) is 3.20. The first-order valence-corrected chi connectivity index (χ1v) is 9.46. The van der Waals surface area contributed by atoms with Crippen LogP contribution < -0.4 is 10.1 Å². The monoisotopic (exact) mass is 426 g/mol. The number of alkyl halides is 2. The summed E-state index contributed by atoms with van der Waals surface area (Å²) < 4.78 is 35.3. The molecule has 0 saturated heterocycles. The van der Waals surface area contributed by atoms with Gasteiger partial charge in [-0.05, 0) is 37.3 Å². The maximum Gasteiger partial charge on any atom is 0.280 e. The fourth-order valence-corrected chi connectivity index (χ4v) is 3.20. The first-order valence-electron chi connectivity index (χ1n) is 9.46. The SMILES string of the molecule is COc1ccc(-c2cc(C(F)F)n3ncc(C(=O)NCc4cnn(C)c4C)c3n2)cc1. The Hall–Kier alpha value is -3.82. The van der Waals surface area contributed by atoms with Crippen molar-refractivity contribution in [3.05, 3.63) is 65.2 Å². The number of nitrogens with zero attached hydrogens (tertiary/aromatic N) is 5. The Kier molecular flexibility index (Phi) is 5.37. The molecule has 0 aliphatic heterocycles. The van der Waals surface area contributed by atoms with Gasteiger partial charge in [-0.2, -0.15) is 10.2 Å². The zero-order valence-electron chi connectivity index (χ0n) is 17.1. The van der Waals surface area contributed by atoms with Crippen LogP contribution in [0.3, 0.4) is 0 Å². The molecular weight excluding hydrogens is 406 g/mol. The largest absolute Gasteiger partial charge is 0.497 e. The van der Waals surface area contributed by atoms with Crippen LogP contribution in [0.25, 0.3) is 16.9 Å². The number of nitrogens with one attached hydrogen (secondary N) is 1. The van der Waals surface area contributed by atoms with Gasteiger partial charge in [-0.25, -0.2) is 18.3 Å². The number of carbonyl (C=O) groups excluding carboxylic acids is 1. The predicted octanol–water partition coefficient (Wildman–Crippen LogP) is 3.31. The average Bonchev–Trinajstić information content (AvgIpc) is 3.35. The van der Waals surface area contributed by atoms with Gasteiger partial charge in [0.1, 0.15) is 17.0 Å². The van der Waals surface area contributed by atoms with E-state index in [0.717, 1.165) is 15.8 Å². The third-order valence-electron chi connectivity index (χ3n) is 5.13. The number of hydrogen-bond donors (Lipinski definition) is 1. The van der Waals surface area contributed by atoms with E-state index in [0.29, 0.717) is 17.0 Å². The van der Waals surface area contributed by atoms with Crippen LogP contribution in [-0.2, 0) is 13.6 Å². The van der Waals surface area contributed by atoms with Gasteiger partial charge in [0.25, 0.3) is 12.3 Å². The number of halogens is 2. The van der Waals surface area contributed by atoms with E-state index in [1.165, 1.54) is 12.3 Å². The number of fused-ring (bicyclic) bond motifs is 1. The molecule has 0 bridgehead atoms. The molecular formula is C21H20F2N6O2. The summed E-state index contributed by atoms with van der Waals surface area (Å²) in [6.45, 7) is 2.14. The second kappa shape index (κ2) is 8.13. The molecule has 3 aromatic heterocycles. The lowest BCUT2D eigenvalue weighted by Crippen LogP contribution is -2.23. The van der Waals surface area contributed by atoms with Crippen molar-refractivity contribution < 1.29 is 18.3 Å². The quantitative estimate of drug-likeness (QED) is 0.511. The smallest absolute Gasteiger partial charge is 0.280 e. The van der Waals surface area contributed by atoms with Crippen molar-refractivity contribution in [3.63, 3.8) is 0 Å². The number of aryl methyl sites for hydroxylation is 1. The number of carbonyl (C=O) groups is 1. The summed E-state index contributed by atoms with van der Waals surface area (Å²) in [4.78, 5) is 17.2. The zero-order chi connectivity index (χ0) is 22.1. The van der Waals surface area contributed by atoms with Crippen LogP contribution in [-0.4, -0.2) is 37.4 Å². The minimum atomic E-state index is -2.80. The summed E-state index contributed by atoms with van der Waals surface area (Å²) in [6.07, 6.45) is 0.120. The van der Waals surface area contributed by atoms with Crippen molar-refractivity contribution in [2.45, 2.75) is 19.9 Å². The summed E-state index contributed by atoms with van der Waals surface area (Å²) >= 11 is 0. The molecule has 0 aliphatic rings. The van der Waals surface area contributed by atoms with Crippen LogP contribution >= 0.6 is 0 Å². The van der Waals surface area contributed by atoms with E-state index < -0.39 is 12.3 Å².